The molecule has 1 aromatic heterocycles. The third kappa shape index (κ3) is 7.03. The van der Waals surface area contributed by atoms with Crippen LogP contribution in [0.2, 0.25) is 4.34 Å². The molecule has 1 aliphatic rings. The molecule has 0 aliphatic heterocycles. The molecule has 0 unspecified atom stereocenters. The lowest BCUT2D eigenvalue weighted by molar-refractivity contribution is -0.120. The summed E-state index contributed by atoms with van der Waals surface area (Å²) < 4.78 is 6.07. The normalized spacial score (nSPS) is 18.5. The van der Waals surface area contributed by atoms with Crippen LogP contribution in [-0.4, -0.2) is 29.4 Å². The summed E-state index contributed by atoms with van der Waals surface area (Å²) in [7, 11) is 0. The molecule has 1 fully saturated rings. The Kier molecular flexibility index (Phi) is 8.15. The van der Waals surface area contributed by atoms with Gasteiger partial charge < -0.3 is 21.1 Å². The smallest absolute Gasteiger partial charge is 0.340 e. The van der Waals surface area contributed by atoms with Gasteiger partial charge in [-0.05, 0) is 70.2 Å². The minimum atomic E-state index is -0.694. The first-order valence-corrected chi connectivity index (χ1v) is 12.2. The number of hydrogen-bond acceptors (Lipinski definition) is 6. The van der Waals surface area contributed by atoms with Crippen LogP contribution in [0.15, 0.2) is 30.3 Å². The van der Waals surface area contributed by atoms with Crippen LogP contribution < -0.4 is 16.4 Å². The second-order valence-corrected chi connectivity index (χ2v) is 10.9. The van der Waals surface area contributed by atoms with E-state index in [9.17, 15) is 14.4 Å². The van der Waals surface area contributed by atoms with Crippen LogP contribution in [0.3, 0.4) is 0 Å². The molecule has 0 spiro atoms. The Balaban J connectivity index is 1.84. The first-order chi connectivity index (χ1) is 15.5. The number of carbonyl (C=O) groups excluding carboxylic acids is 3. The first kappa shape index (κ1) is 25.2. The largest absolute Gasteiger partial charge is 0.456 e. The molecule has 1 saturated carbocycles. The van der Waals surface area contributed by atoms with Crippen LogP contribution in [0.4, 0.5) is 5.69 Å². The number of ether oxygens (including phenoxy) is 1. The van der Waals surface area contributed by atoms with Gasteiger partial charge in [0.1, 0.15) is 5.60 Å². The highest BCUT2D eigenvalue weighted by Crippen LogP contribution is 2.29. The molecule has 0 bridgehead atoms. The van der Waals surface area contributed by atoms with Gasteiger partial charge in [-0.3, -0.25) is 9.59 Å². The topological polar surface area (TPSA) is 111 Å². The van der Waals surface area contributed by atoms with Crippen LogP contribution >= 0.6 is 22.9 Å². The molecule has 4 N–H and O–H groups in total. The Hall–Kier alpha value is -2.42. The van der Waals surface area contributed by atoms with E-state index in [-0.39, 0.29) is 35.9 Å². The van der Waals surface area contributed by atoms with E-state index in [0.29, 0.717) is 33.3 Å². The Morgan fingerprint density at radius 2 is 1.82 bits per heavy atom. The number of rotatable bonds is 6. The van der Waals surface area contributed by atoms with E-state index in [2.05, 4.69) is 10.6 Å². The lowest BCUT2D eigenvalue weighted by atomic mass is 9.86. The maximum atomic E-state index is 13.0. The van der Waals surface area contributed by atoms with Gasteiger partial charge in [0.15, 0.2) is 0 Å². The summed E-state index contributed by atoms with van der Waals surface area (Å²) in [5.74, 6) is -1.16. The van der Waals surface area contributed by atoms with E-state index in [0.717, 1.165) is 12.8 Å². The molecule has 0 atom stereocenters. The number of nitrogens with two attached hydrogens (primary N) is 1. The van der Waals surface area contributed by atoms with E-state index >= 15 is 0 Å². The number of carbonyl (C=O) groups is 3. The van der Waals surface area contributed by atoms with Gasteiger partial charge in [0, 0.05) is 18.5 Å². The summed E-state index contributed by atoms with van der Waals surface area (Å²) in [6, 6.07) is 8.52. The monoisotopic (exact) mass is 491 g/mol. The molecular formula is C24H30ClN3O4S. The van der Waals surface area contributed by atoms with Crippen molar-refractivity contribution in [2.45, 2.75) is 64.6 Å². The first-order valence-electron chi connectivity index (χ1n) is 11.0. The number of halogens is 1. The van der Waals surface area contributed by atoms with E-state index < -0.39 is 11.6 Å². The minimum Gasteiger partial charge on any atom is -0.456 e. The van der Waals surface area contributed by atoms with Crippen molar-refractivity contribution in [3.63, 3.8) is 0 Å². The van der Waals surface area contributed by atoms with Crippen molar-refractivity contribution in [2.24, 2.45) is 11.7 Å². The summed E-state index contributed by atoms with van der Waals surface area (Å²) in [6.45, 7) is 5.47. The number of hydrogen-bond donors (Lipinski definition) is 3. The average molecular weight is 492 g/mol. The molecule has 7 nitrogen and oxygen atoms in total. The lowest BCUT2D eigenvalue weighted by Gasteiger charge is -2.26. The summed E-state index contributed by atoms with van der Waals surface area (Å²) >= 11 is 7.11. The number of para-hydroxylation sites is 1. The maximum Gasteiger partial charge on any atom is 0.340 e. The van der Waals surface area contributed by atoms with Gasteiger partial charge in [0.05, 0.1) is 20.5 Å². The van der Waals surface area contributed by atoms with Crippen LogP contribution in [-0.2, 0) is 16.1 Å². The zero-order chi connectivity index (χ0) is 24.2. The van der Waals surface area contributed by atoms with Crippen molar-refractivity contribution in [1.29, 1.82) is 0 Å². The molecule has 1 aromatic carbocycles. The van der Waals surface area contributed by atoms with E-state index in [1.807, 2.05) is 0 Å². The SMILES string of the molecule is CC(C)(C)OC(=O)c1cccc(CNC(=O)c2ccc(Cl)s2)c1NC(=O)C1CCC(N)CC1. The number of thiophene rings is 1. The highest BCUT2D eigenvalue weighted by molar-refractivity contribution is 7.18. The van der Waals surface area contributed by atoms with Crippen molar-refractivity contribution in [3.8, 4) is 0 Å². The second kappa shape index (κ2) is 10.7. The van der Waals surface area contributed by atoms with Gasteiger partial charge in [-0.1, -0.05) is 23.7 Å². The Labute approximate surface area is 203 Å². The third-order valence-electron chi connectivity index (χ3n) is 5.40. The minimum absolute atomic E-state index is 0.121. The predicted octanol–water partition coefficient (Wildman–Crippen LogP) is 4.74. The molecule has 2 aromatic rings. The molecule has 3 rings (SSSR count). The molecule has 178 valence electrons. The Morgan fingerprint density at radius 3 is 2.42 bits per heavy atom. The van der Waals surface area contributed by atoms with Crippen LogP contribution in [0.5, 0.6) is 0 Å². The molecule has 2 amide bonds. The number of esters is 1. The Morgan fingerprint density at radius 1 is 1.12 bits per heavy atom. The van der Waals surface area contributed by atoms with Crippen molar-refractivity contribution in [2.75, 3.05) is 5.32 Å². The van der Waals surface area contributed by atoms with Gasteiger partial charge in [-0.25, -0.2) is 4.79 Å². The zero-order valence-electron chi connectivity index (χ0n) is 19.1. The van der Waals surface area contributed by atoms with Crippen molar-refractivity contribution >= 4 is 46.4 Å². The summed E-state index contributed by atoms with van der Waals surface area (Å²) in [4.78, 5) is 38.9. The van der Waals surface area contributed by atoms with Crippen molar-refractivity contribution in [1.82, 2.24) is 5.32 Å². The van der Waals surface area contributed by atoms with Gasteiger partial charge in [-0.2, -0.15) is 0 Å². The van der Waals surface area contributed by atoms with Gasteiger partial charge in [-0.15, -0.1) is 11.3 Å². The van der Waals surface area contributed by atoms with E-state index in [4.69, 9.17) is 22.1 Å². The standard InChI is InChI=1S/C24H30ClN3O4S/c1-24(2,3)32-23(31)17-6-4-5-15(13-27-22(30)18-11-12-19(25)33-18)20(17)28-21(29)14-7-9-16(26)10-8-14/h4-6,11-12,14,16H,7-10,13,26H2,1-3H3,(H,27,30)(H,28,29). The lowest BCUT2D eigenvalue weighted by Crippen LogP contribution is -2.33. The molecule has 1 aliphatic carbocycles. The average Bonchev–Trinajstić information content (AvgIpc) is 3.18. The summed E-state index contributed by atoms with van der Waals surface area (Å²) in [6.07, 6.45) is 2.98. The number of anilines is 1. The number of nitrogens with one attached hydrogen (secondary N) is 2. The van der Waals surface area contributed by atoms with E-state index in [1.165, 1.54) is 11.3 Å². The molecule has 0 radical (unpaired) electrons. The number of amides is 2. The predicted molar refractivity (Wildman–Crippen MR) is 131 cm³/mol. The highest BCUT2D eigenvalue weighted by atomic mass is 35.5. The maximum absolute atomic E-state index is 13.0. The summed E-state index contributed by atoms with van der Waals surface area (Å²) in [5, 5.41) is 5.78. The Bertz CT molecular complexity index is 1020. The molecule has 0 saturated heterocycles. The summed E-state index contributed by atoms with van der Waals surface area (Å²) in [5.41, 5.74) is 6.49. The fraction of sp³-hybridized carbons (Fsp3) is 0.458. The third-order valence-corrected chi connectivity index (χ3v) is 6.63. The second-order valence-electron chi connectivity index (χ2n) is 9.23. The number of benzene rings is 1. The van der Waals surface area contributed by atoms with Crippen LogP contribution in [0.25, 0.3) is 0 Å². The molecular weight excluding hydrogens is 462 g/mol. The van der Waals surface area contributed by atoms with Crippen LogP contribution in [0.1, 0.15) is 72.0 Å². The highest BCUT2D eigenvalue weighted by Gasteiger charge is 2.28. The molecule has 33 heavy (non-hydrogen) atoms. The van der Waals surface area contributed by atoms with E-state index in [1.54, 1.807) is 51.1 Å². The van der Waals surface area contributed by atoms with Crippen molar-refractivity contribution < 1.29 is 19.1 Å². The van der Waals surface area contributed by atoms with Crippen molar-refractivity contribution in [3.05, 3.63) is 50.7 Å². The van der Waals surface area contributed by atoms with Crippen LogP contribution in [0, 0.1) is 5.92 Å². The molecule has 9 heteroatoms. The fourth-order valence-corrected chi connectivity index (χ4v) is 4.66. The fourth-order valence-electron chi connectivity index (χ4n) is 3.70. The van der Waals surface area contributed by atoms with Gasteiger partial charge >= 0.3 is 5.97 Å². The van der Waals surface area contributed by atoms with Gasteiger partial charge in [0.2, 0.25) is 5.91 Å². The molecule has 1 heterocycles. The van der Waals surface area contributed by atoms with Gasteiger partial charge in [0.25, 0.3) is 5.91 Å². The zero-order valence-corrected chi connectivity index (χ0v) is 20.6. The quantitative estimate of drug-likeness (QED) is 0.505.